The van der Waals surface area contributed by atoms with Gasteiger partial charge in [0.25, 0.3) is 0 Å². The molecule has 0 spiro atoms. The number of hydrogen-bond acceptors (Lipinski definition) is 5. The van der Waals surface area contributed by atoms with Gasteiger partial charge in [-0.15, -0.1) is 0 Å². The predicted octanol–water partition coefficient (Wildman–Crippen LogP) is 7.26. The van der Waals surface area contributed by atoms with E-state index in [1.165, 1.54) is 24.8 Å². The zero-order valence-corrected chi connectivity index (χ0v) is 25.5. The minimum absolute atomic E-state index is 0.0955. The highest BCUT2D eigenvalue weighted by Gasteiger charge is 2.72. The minimum Gasteiger partial charge on any atom is -0.481 e. The molecule has 0 bridgehead atoms. The maximum atomic E-state index is 12.9. The molecule has 0 unspecified atom stereocenters. The minimum atomic E-state index is -0.563. The van der Waals surface area contributed by atoms with Crippen molar-refractivity contribution in [2.45, 2.75) is 105 Å². The van der Waals surface area contributed by atoms with E-state index in [1.807, 2.05) is 0 Å². The van der Waals surface area contributed by atoms with E-state index >= 15 is 0 Å². The van der Waals surface area contributed by atoms with Gasteiger partial charge in [-0.05, 0) is 124 Å². The maximum absolute atomic E-state index is 12.9. The van der Waals surface area contributed by atoms with E-state index < -0.39 is 11.4 Å². The Morgan fingerprint density at radius 1 is 0.975 bits per heavy atom. The number of fused-ring (bicyclic) bond motifs is 7. The Balaban J connectivity index is 1.35. The largest absolute Gasteiger partial charge is 0.481 e. The fourth-order valence-electron chi connectivity index (χ4n) is 12.1. The second kappa shape index (κ2) is 8.79. The first-order chi connectivity index (χ1) is 18.8. The number of carbonyl (C=O) groups is 1. The number of allylic oxidation sites excluding steroid dienone is 1. The Morgan fingerprint density at radius 2 is 1.68 bits per heavy atom. The van der Waals surface area contributed by atoms with Crippen molar-refractivity contribution in [3.63, 3.8) is 0 Å². The van der Waals surface area contributed by atoms with E-state index in [0.29, 0.717) is 29.2 Å². The highest BCUT2D eigenvalue weighted by atomic mass is 16.4. The predicted molar refractivity (Wildman–Crippen MR) is 156 cm³/mol. The van der Waals surface area contributed by atoms with Gasteiger partial charge in [-0.25, -0.2) is 9.97 Å². The molecule has 0 radical (unpaired) electrons. The smallest absolute Gasteiger partial charge is 0.309 e. The molecular formula is C34H48N4O2. The first-order valence-electron chi connectivity index (χ1n) is 15.6. The molecule has 2 heterocycles. The van der Waals surface area contributed by atoms with Crippen LogP contribution in [-0.4, -0.2) is 33.1 Å². The summed E-state index contributed by atoms with van der Waals surface area (Å²) >= 11 is 0. The Bertz CT molecular complexity index is 1270. The molecule has 1 saturated heterocycles. The van der Waals surface area contributed by atoms with Gasteiger partial charge >= 0.3 is 5.97 Å². The summed E-state index contributed by atoms with van der Waals surface area (Å²) in [5.74, 6) is 2.32. The van der Waals surface area contributed by atoms with Crippen molar-refractivity contribution in [1.29, 1.82) is 5.26 Å². The van der Waals surface area contributed by atoms with Crippen LogP contribution in [0.4, 0.5) is 5.95 Å². The highest BCUT2D eigenvalue weighted by molar-refractivity contribution is 5.76. The molecule has 5 fully saturated rings. The highest BCUT2D eigenvalue weighted by Crippen LogP contribution is 2.76. The zero-order chi connectivity index (χ0) is 28.9. The van der Waals surface area contributed by atoms with E-state index in [2.05, 4.69) is 69.1 Å². The molecule has 9 atom stereocenters. The third-order valence-electron chi connectivity index (χ3n) is 14.2. The van der Waals surface area contributed by atoms with Gasteiger partial charge in [0.2, 0.25) is 5.95 Å². The monoisotopic (exact) mass is 544 g/mol. The third kappa shape index (κ3) is 3.36. The molecule has 0 aromatic carbocycles. The molecule has 4 saturated carbocycles. The fraction of sp³-hybridized carbons (Fsp3) is 0.765. The second-order valence-corrected chi connectivity index (χ2v) is 15.6. The van der Waals surface area contributed by atoms with Gasteiger partial charge in [0.05, 0.1) is 23.4 Å². The molecule has 6 nitrogen and oxygen atoms in total. The van der Waals surface area contributed by atoms with Crippen LogP contribution in [0, 0.1) is 62.6 Å². The average molecular weight is 545 g/mol. The van der Waals surface area contributed by atoms with E-state index in [1.54, 1.807) is 12.4 Å². The molecule has 216 valence electrons. The lowest BCUT2D eigenvalue weighted by atomic mass is 9.33. The number of carboxylic acids is 1. The normalized spacial score (nSPS) is 45.3. The van der Waals surface area contributed by atoms with Gasteiger partial charge in [0.15, 0.2) is 0 Å². The molecule has 5 aliphatic rings. The lowest BCUT2D eigenvalue weighted by molar-refractivity contribution is -0.230. The molecule has 1 N–H and O–H groups in total. The zero-order valence-electron chi connectivity index (χ0n) is 25.5. The number of hydrogen-bond donors (Lipinski definition) is 1. The van der Waals surface area contributed by atoms with Crippen LogP contribution in [0.2, 0.25) is 0 Å². The van der Waals surface area contributed by atoms with Crippen molar-refractivity contribution in [1.82, 2.24) is 9.97 Å². The number of aromatic nitrogens is 2. The molecule has 1 aromatic rings. The molecular weight excluding hydrogens is 496 g/mol. The molecule has 1 aromatic heterocycles. The van der Waals surface area contributed by atoms with Crippen LogP contribution >= 0.6 is 0 Å². The van der Waals surface area contributed by atoms with Gasteiger partial charge < -0.3 is 10.0 Å². The van der Waals surface area contributed by atoms with Crippen molar-refractivity contribution in [3.8, 4) is 6.07 Å². The number of nitrogens with zero attached hydrogens (tertiary/aromatic N) is 4. The van der Waals surface area contributed by atoms with Gasteiger partial charge in [-0.2, -0.15) is 5.26 Å². The number of rotatable bonds is 3. The SMILES string of the molecule is C=C(C)[C@@H]1CC[C@]2(C(=O)O)CC[C@]3(C)[C@H](CC[C@@H]4[C@@]5(C)CCN(c6ncc(C#N)cn6)C(C)(C)[C@@H]5CC[C@]43C)[C@@H]12. The van der Waals surface area contributed by atoms with Crippen LogP contribution in [0.5, 0.6) is 0 Å². The van der Waals surface area contributed by atoms with Crippen molar-refractivity contribution in [2.75, 3.05) is 11.4 Å². The van der Waals surface area contributed by atoms with Crippen LogP contribution in [0.15, 0.2) is 24.5 Å². The van der Waals surface area contributed by atoms with Gasteiger partial charge in [-0.3, -0.25) is 4.79 Å². The van der Waals surface area contributed by atoms with Crippen LogP contribution in [0.3, 0.4) is 0 Å². The van der Waals surface area contributed by atoms with Crippen molar-refractivity contribution in [2.24, 2.45) is 51.2 Å². The Morgan fingerprint density at radius 3 is 2.30 bits per heavy atom. The molecule has 4 aliphatic carbocycles. The molecule has 6 rings (SSSR count). The van der Waals surface area contributed by atoms with Crippen molar-refractivity contribution >= 4 is 11.9 Å². The fourth-order valence-corrected chi connectivity index (χ4v) is 12.1. The lowest BCUT2D eigenvalue weighted by Gasteiger charge is -2.73. The van der Waals surface area contributed by atoms with Crippen LogP contribution in [0.25, 0.3) is 0 Å². The second-order valence-electron chi connectivity index (χ2n) is 15.6. The quantitative estimate of drug-likeness (QED) is 0.403. The standard InChI is InChI=1S/C34H48N4O2/c1-21(2)23-10-13-34(28(39)40)15-14-32(6)24(27(23)34)8-9-26-31(5)16-17-38(29-36-19-22(18-35)20-37-29)30(3,4)25(31)11-12-33(26,32)7/h19-20,23-27H,1,8-17H2,2-7H3,(H,39,40)/t23-,24+,25-,26+,27+,31-,32+,33+,34-/m0/s1. The van der Waals surface area contributed by atoms with E-state index in [0.717, 1.165) is 51.0 Å². The summed E-state index contributed by atoms with van der Waals surface area (Å²) < 4.78 is 0. The first-order valence-corrected chi connectivity index (χ1v) is 15.6. The van der Waals surface area contributed by atoms with E-state index in [-0.39, 0.29) is 27.7 Å². The molecule has 6 heteroatoms. The first kappa shape index (κ1) is 27.7. The van der Waals surface area contributed by atoms with Gasteiger partial charge in [0.1, 0.15) is 6.07 Å². The van der Waals surface area contributed by atoms with Crippen molar-refractivity contribution < 1.29 is 9.90 Å². The number of aliphatic carboxylic acids is 1. The molecule has 0 amide bonds. The van der Waals surface area contributed by atoms with Gasteiger partial charge in [0, 0.05) is 12.1 Å². The average Bonchev–Trinajstić information content (AvgIpc) is 3.30. The summed E-state index contributed by atoms with van der Waals surface area (Å²) in [5.41, 5.74) is 1.57. The van der Waals surface area contributed by atoms with E-state index in [4.69, 9.17) is 0 Å². The van der Waals surface area contributed by atoms with Crippen molar-refractivity contribution in [3.05, 3.63) is 30.1 Å². The van der Waals surface area contributed by atoms with Gasteiger partial charge in [-0.1, -0.05) is 32.9 Å². The Hall–Kier alpha value is -2.42. The Labute approximate surface area is 240 Å². The summed E-state index contributed by atoms with van der Waals surface area (Å²) in [6.45, 7) is 19.9. The summed E-state index contributed by atoms with van der Waals surface area (Å²) in [5, 5.41) is 19.8. The summed E-state index contributed by atoms with van der Waals surface area (Å²) in [7, 11) is 0. The third-order valence-corrected chi connectivity index (χ3v) is 14.2. The number of anilines is 1. The lowest BCUT2D eigenvalue weighted by Crippen LogP contribution is -2.70. The summed E-state index contributed by atoms with van der Waals surface area (Å²) in [6.07, 6.45) is 12.8. The Kier molecular flexibility index (Phi) is 6.10. The summed E-state index contributed by atoms with van der Waals surface area (Å²) in [6, 6.07) is 2.14. The number of nitriles is 1. The van der Waals surface area contributed by atoms with Crippen LogP contribution in [0.1, 0.15) is 105 Å². The topological polar surface area (TPSA) is 90.1 Å². The number of piperidine rings is 1. The molecule has 40 heavy (non-hydrogen) atoms. The van der Waals surface area contributed by atoms with Crippen LogP contribution < -0.4 is 4.90 Å². The van der Waals surface area contributed by atoms with Crippen LogP contribution in [-0.2, 0) is 4.79 Å². The number of carboxylic acid groups (broad SMARTS) is 1. The molecule has 1 aliphatic heterocycles. The maximum Gasteiger partial charge on any atom is 0.309 e. The summed E-state index contributed by atoms with van der Waals surface area (Å²) in [4.78, 5) is 24.5. The van der Waals surface area contributed by atoms with E-state index in [9.17, 15) is 15.2 Å².